The maximum atomic E-state index is 13.4. The van der Waals surface area contributed by atoms with Crippen molar-refractivity contribution in [2.75, 3.05) is 23.9 Å². The van der Waals surface area contributed by atoms with Crippen LogP contribution in [0.5, 0.6) is 5.75 Å². The molecule has 4 rings (SSSR count). The second kappa shape index (κ2) is 9.28. The van der Waals surface area contributed by atoms with Crippen LogP contribution in [0.25, 0.3) is 10.9 Å². The second-order valence-corrected chi connectivity index (χ2v) is 7.58. The Morgan fingerprint density at radius 2 is 1.79 bits per heavy atom. The van der Waals surface area contributed by atoms with Crippen LogP contribution >= 0.6 is 0 Å². The van der Waals surface area contributed by atoms with Crippen molar-refractivity contribution in [2.45, 2.75) is 12.7 Å². The van der Waals surface area contributed by atoms with E-state index in [-0.39, 0.29) is 18.7 Å². The van der Waals surface area contributed by atoms with Crippen LogP contribution in [0, 0.1) is 0 Å². The van der Waals surface area contributed by atoms with E-state index in [1.807, 2.05) is 36.5 Å². The van der Waals surface area contributed by atoms with Gasteiger partial charge in [-0.05, 0) is 47.3 Å². The van der Waals surface area contributed by atoms with Gasteiger partial charge in [-0.15, -0.1) is 0 Å². The van der Waals surface area contributed by atoms with E-state index in [1.54, 1.807) is 30.1 Å². The van der Waals surface area contributed by atoms with Crippen LogP contribution in [0.3, 0.4) is 0 Å². The van der Waals surface area contributed by atoms with Gasteiger partial charge in [-0.25, -0.2) is 0 Å². The molecule has 0 atom stereocenters. The van der Waals surface area contributed by atoms with Crippen molar-refractivity contribution >= 4 is 34.3 Å². The fourth-order valence-corrected chi connectivity index (χ4v) is 3.71. The maximum Gasteiger partial charge on any atom is 0.416 e. The van der Waals surface area contributed by atoms with E-state index in [0.717, 1.165) is 28.3 Å². The summed E-state index contributed by atoms with van der Waals surface area (Å²) in [5, 5.41) is 4.38. The highest BCUT2D eigenvalue weighted by atomic mass is 19.4. The van der Waals surface area contributed by atoms with E-state index in [4.69, 9.17) is 4.74 Å². The minimum Gasteiger partial charge on any atom is -0.484 e. The predicted octanol–water partition coefficient (Wildman–Crippen LogP) is 6.14. The monoisotopic (exact) mass is 453 g/mol. The van der Waals surface area contributed by atoms with Gasteiger partial charge < -0.3 is 19.9 Å². The van der Waals surface area contributed by atoms with Crippen molar-refractivity contribution < 1.29 is 22.7 Å². The van der Waals surface area contributed by atoms with Crippen molar-refractivity contribution in [2.24, 2.45) is 0 Å². The van der Waals surface area contributed by atoms with Crippen LogP contribution in [0.1, 0.15) is 11.1 Å². The zero-order valence-corrected chi connectivity index (χ0v) is 17.8. The molecule has 1 heterocycles. The maximum absolute atomic E-state index is 13.4. The largest absolute Gasteiger partial charge is 0.484 e. The summed E-state index contributed by atoms with van der Waals surface area (Å²) in [6.45, 7) is -0.152. The molecule has 0 saturated heterocycles. The number of nitrogens with zero attached hydrogens (tertiary/aromatic N) is 1. The van der Waals surface area contributed by atoms with E-state index < -0.39 is 11.7 Å². The number of aldehydes is 1. The van der Waals surface area contributed by atoms with Gasteiger partial charge in [0.05, 0.1) is 11.3 Å². The average Bonchev–Trinajstić information content (AvgIpc) is 3.25. The Morgan fingerprint density at radius 1 is 1.03 bits per heavy atom. The van der Waals surface area contributed by atoms with Gasteiger partial charge in [-0.2, -0.15) is 13.2 Å². The van der Waals surface area contributed by atoms with Crippen LogP contribution in [0.15, 0.2) is 72.9 Å². The van der Waals surface area contributed by atoms with Crippen molar-refractivity contribution in [3.63, 3.8) is 0 Å². The molecule has 3 aromatic carbocycles. The number of alkyl halides is 3. The van der Waals surface area contributed by atoms with Gasteiger partial charge in [0.25, 0.3) is 0 Å². The van der Waals surface area contributed by atoms with E-state index in [2.05, 4.69) is 10.3 Å². The van der Waals surface area contributed by atoms with Crippen LogP contribution in [0.2, 0.25) is 0 Å². The third-order valence-electron chi connectivity index (χ3n) is 5.25. The molecule has 4 aromatic rings. The molecule has 0 amide bonds. The molecular formula is C25H22F3N3O2. The first-order chi connectivity index (χ1) is 15.8. The smallest absolute Gasteiger partial charge is 0.416 e. The van der Waals surface area contributed by atoms with Gasteiger partial charge >= 0.3 is 6.18 Å². The molecule has 2 N–H and O–H groups in total. The predicted molar refractivity (Wildman–Crippen MR) is 123 cm³/mol. The van der Waals surface area contributed by atoms with E-state index in [0.29, 0.717) is 17.7 Å². The molecule has 170 valence electrons. The molecule has 0 radical (unpaired) electrons. The molecule has 1 aromatic heterocycles. The number of rotatable bonds is 8. The topological polar surface area (TPSA) is 57.4 Å². The second-order valence-electron chi connectivity index (χ2n) is 7.58. The first-order valence-electron chi connectivity index (χ1n) is 10.3. The minimum absolute atomic E-state index is 0.0173. The van der Waals surface area contributed by atoms with Crippen LogP contribution in [-0.2, 0) is 17.5 Å². The van der Waals surface area contributed by atoms with Crippen molar-refractivity contribution in [3.05, 3.63) is 84.1 Å². The number of halogens is 3. The lowest BCUT2D eigenvalue weighted by Gasteiger charge is -2.24. The van der Waals surface area contributed by atoms with E-state index in [9.17, 15) is 18.0 Å². The third-order valence-corrected chi connectivity index (χ3v) is 5.25. The molecule has 0 aliphatic heterocycles. The molecule has 0 aliphatic rings. The van der Waals surface area contributed by atoms with Crippen LogP contribution < -0.4 is 15.0 Å². The number of carbonyl (C=O) groups excluding carboxylic acids is 1. The van der Waals surface area contributed by atoms with Gasteiger partial charge in [-0.3, -0.25) is 4.79 Å². The Hall–Kier alpha value is -3.94. The molecule has 5 nitrogen and oxygen atoms in total. The lowest BCUT2D eigenvalue weighted by molar-refractivity contribution is -0.138. The first kappa shape index (κ1) is 22.3. The molecule has 0 saturated carbocycles. The molecule has 0 spiro atoms. The molecule has 0 aliphatic carbocycles. The van der Waals surface area contributed by atoms with Gasteiger partial charge in [0.1, 0.15) is 12.4 Å². The summed E-state index contributed by atoms with van der Waals surface area (Å²) < 4.78 is 45.8. The summed E-state index contributed by atoms with van der Waals surface area (Å²) in [6, 6.07) is 18.6. The Morgan fingerprint density at radius 3 is 2.58 bits per heavy atom. The molecule has 0 fully saturated rings. The van der Waals surface area contributed by atoms with Gasteiger partial charge in [0.2, 0.25) is 0 Å². The lowest BCUT2D eigenvalue weighted by Crippen LogP contribution is -2.20. The number of aromatic nitrogens is 1. The summed E-state index contributed by atoms with van der Waals surface area (Å²) >= 11 is 0. The Bertz CT molecular complexity index is 1270. The first-order valence-corrected chi connectivity index (χ1v) is 10.3. The molecule has 33 heavy (non-hydrogen) atoms. The Kier molecular flexibility index (Phi) is 6.26. The third kappa shape index (κ3) is 5.11. The quantitative estimate of drug-likeness (QED) is 0.315. The van der Waals surface area contributed by atoms with Crippen LogP contribution in [-0.4, -0.2) is 24.9 Å². The number of nitrogens with one attached hydrogen (secondary N) is 2. The zero-order chi connectivity index (χ0) is 23.4. The van der Waals surface area contributed by atoms with Crippen LogP contribution in [0.4, 0.5) is 30.2 Å². The Labute approximate surface area is 188 Å². The minimum atomic E-state index is -4.44. The summed E-state index contributed by atoms with van der Waals surface area (Å²) in [5.41, 5.74) is 2.60. The number of anilines is 3. The zero-order valence-electron chi connectivity index (χ0n) is 17.8. The van der Waals surface area contributed by atoms with Crippen molar-refractivity contribution in [1.82, 2.24) is 4.98 Å². The highest BCUT2D eigenvalue weighted by Crippen LogP contribution is 2.36. The standard InChI is InChI=1S/C25H22F3N3O2/c1-31(16-18-4-2-3-5-21(18)25(26,27)28)23-9-8-20(15-24(23)33-13-12-32)30-19-7-6-17-10-11-29-22(17)14-19/h2-12,14-15,29-30H,13,16H2,1H3. The normalized spacial score (nSPS) is 11.4. The Balaban J connectivity index is 1.60. The number of hydrogen-bond acceptors (Lipinski definition) is 4. The van der Waals surface area contributed by atoms with E-state index >= 15 is 0 Å². The summed E-state index contributed by atoms with van der Waals surface area (Å²) in [7, 11) is 1.68. The molecular weight excluding hydrogens is 431 g/mol. The highest BCUT2D eigenvalue weighted by Gasteiger charge is 2.33. The molecule has 8 heteroatoms. The fraction of sp³-hybridized carbons (Fsp3) is 0.160. The van der Waals surface area contributed by atoms with E-state index in [1.165, 1.54) is 12.1 Å². The number of benzene rings is 3. The number of ether oxygens (including phenoxy) is 1. The van der Waals surface area contributed by atoms with Gasteiger partial charge in [0.15, 0.2) is 6.29 Å². The summed E-state index contributed by atoms with van der Waals surface area (Å²) in [6.07, 6.45) is -1.95. The molecule has 0 bridgehead atoms. The number of fused-ring (bicyclic) bond motifs is 1. The number of carbonyl (C=O) groups is 1. The van der Waals surface area contributed by atoms with Crippen molar-refractivity contribution in [1.29, 1.82) is 0 Å². The molecule has 0 unspecified atom stereocenters. The lowest BCUT2D eigenvalue weighted by atomic mass is 10.1. The summed E-state index contributed by atoms with van der Waals surface area (Å²) in [4.78, 5) is 15.7. The van der Waals surface area contributed by atoms with Gasteiger partial charge in [0, 0.05) is 42.7 Å². The SMILES string of the molecule is CN(Cc1ccccc1C(F)(F)F)c1ccc(Nc2ccc3cc[nH]c3c2)cc1OCC=O. The number of H-pyrrole nitrogens is 1. The highest BCUT2D eigenvalue weighted by molar-refractivity contribution is 5.84. The fourth-order valence-electron chi connectivity index (χ4n) is 3.71. The summed E-state index contributed by atoms with van der Waals surface area (Å²) in [5.74, 6) is 0.389. The average molecular weight is 453 g/mol. The number of aromatic amines is 1. The number of hydrogen-bond donors (Lipinski definition) is 2. The van der Waals surface area contributed by atoms with Crippen molar-refractivity contribution in [3.8, 4) is 5.75 Å². The van der Waals surface area contributed by atoms with Gasteiger partial charge in [-0.1, -0.05) is 24.3 Å².